The lowest BCUT2D eigenvalue weighted by atomic mass is 10.1. The first kappa shape index (κ1) is 14.6. The Kier molecular flexibility index (Phi) is 4.48. The predicted molar refractivity (Wildman–Crippen MR) is 82.3 cm³/mol. The summed E-state index contributed by atoms with van der Waals surface area (Å²) in [5, 5.41) is 4.53. The predicted octanol–water partition coefficient (Wildman–Crippen LogP) is 3.89. The first-order valence-electron chi connectivity index (χ1n) is 7.19. The highest BCUT2D eigenvalue weighted by Gasteiger charge is 2.09. The number of aryl methyl sites for hydroxylation is 3. The molecule has 0 atom stereocenters. The lowest BCUT2D eigenvalue weighted by Crippen LogP contribution is -2.09. The standard InChI is InChI=1S/C17H24N2O/c1-12(2)11-20-17-7-6-13(3)8-16(17)10-19-15(5)9-14(4)18-19/h6-9,12H,10-11H2,1-5H3. The molecule has 0 unspecified atom stereocenters. The number of nitrogens with zero attached hydrogens (tertiary/aromatic N) is 2. The molecule has 0 aliphatic carbocycles. The number of ether oxygens (including phenoxy) is 1. The van der Waals surface area contributed by atoms with Crippen molar-refractivity contribution in [3.05, 3.63) is 46.8 Å². The van der Waals surface area contributed by atoms with E-state index < -0.39 is 0 Å². The van der Waals surface area contributed by atoms with Gasteiger partial charge in [0, 0.05) is 11.3 Å². The molecule has 0 bridgehead atoms. The van der Waals surface area contributed by atoms with Crippen LogP contribution < -0.4 is 4.74 Å². The van der Waals surface area contributed by atoms with Crippen LogP contribution in [0.3, 0.4) is 0 Å². The van der Waals surface area contributed by atoms with Gasteiger partial charge >= 0.3 is 0 Å². The van der Waals surface area contributed by atoms with Gasteiger partial charge in [0.2, 0.25) is 0 Å². The normalized spacial score (nSPS) is 11.1. The Labute approximate surface area is 121 Å². The van der Waals surface area contributed by atoms with Crippen LogP contribution in [-0.2, 0) is 6.54 Å². The fourth-order valence-electron chi connectivity index (χ4n) is 2.23. The van der Waals surface area contributed by atoms with Crippen molar-refractivity contribution in [1.82, 2.24) is 9.78 Å². The molecule has 0 aliphatic rings. The van der Waals surface area contributed by atoms with Gasteiger partial charge < -0.3 is 4.74 Å². The molecule has 3 nitrogen and oxygen atoms in total. The molecule has 0 fully saturated rings. The van der Waals surface area contributed by atoms with Crippen LogP contribution in [0.25, 0.3) is 0 Å². The monoisotopic (exact) mass is 272 g/mol. The van der Waals surface area contributed by atoms with E-state index in [9.17, 15) is 0 Å². The third-order valence-corrected chi connectivity index (χ3v) is 3.21. The third kappa shape index (κ3) is 3.62. The van der Waals surface area contributed by atoms with Crippen molar-refractivity contribution in [3.63, 3.8) is 0 Å². The van der Waals surface area contributed by atoms with E-state index in [0.29, 0.717) is 5.92 Å². The van der Waals surface area contributed by atoms with Crippen LogP contribution >= 0.6 is 0 Å². The summed E-state index contributed by atoms with van der Waals surface area (Å²) in [5.41, 5.74) is 4.67. The Morgan fingerprint density at radius 2 is 1.90 bits per heavy atom. The fraction of sp³-hybridized carbons (Fsp3) is 0.471. The number of benzene rings is 1. The summed E-state index contributed by atoms with van der Waals surface area (Å²) in [6, 6.07) is 8.45. The smallest absolute Gasteiger partial charge is 0.124 e. The molecule has 1 aromatic carbocycles. The highest BCUT2D eigenvalue weighted by Crippen LogP contribution is 2.22. The second-order valence-electron chi connectivity index (χ2n) is 5.90. The van der Waals surface area contributed by atoms with Crippen LogP contribution in [0, 0.1) is 26.7 Å². The summed E-state index contributed by atoms with van der Waals surface area (Å²) in [6.07, 6.45) is 0. The molecule has 1 heterocycles. The lowest BCUT2D eigenvalue weighted by Gasteiger charge is -2.14. The second-order valence-corrected chi connectivity index (χ2v) is 5.90. The van der Waals surface area contributed by atoms with E-state index in [1.165, 1.54) is 16.8 Å². The SMILES string of the molecule is Cc1ccc(OCC(C)C)c(Cn2nc(C)cc2C)c1. The van der Waals surface area contributed by atoms with E-state index in [1.807, 2.05) is 11.6 Å². The molecular weight excluding hydrogens is 248 g/mol. The van der Waals surface area contributed by atoms with Gasteiger partial charge in [-0.15, -0.1) is 0 Å². The topological polar surface area (TPSA) is 27.1 Å². The molecule has 2 rings (SSSR count). The average Bonchev–Trinajstić information content (AvgIpc) is 2.66. The molecule has 0 saturated carbocycles. The van der Waals surface area contributed by atoms with Crippen LogP contribution in [0.1, 0.15) is 36.4 Å². The Morgan fingerprint density at radius 1 is 1.15 bits per heavy atom. The molecule has 0 N–H and O–H groups in total. The summed E-state index contributed by atoms with van der Waals surface area (Å²) < 4.78 is 7.97. The van der Waals surface area contributed by atoms with Crippen molar-refractivity contribution in [1.29, 1.82) is 0 Å². The summed E-state index contributed by atoms with van der Waals surface area (Å²) >= 11 is 0. The van der Waals surface area contributed by atoms with Gasteiger partial charge in [-0.3, -0.25) is 4.68 Å². The van der Waals surface area contributed by atoms with Gasteiger partial charge in [-0.25, -0.2) is 0 Å². The molecule has 0 saturated heterocycles. The van der Waals surface area contributed by atoms with Gasteiger partial charge in [-0.05, 0) is 38.8 Å². The van der Waals surface area contributed by atoms with Crippen LogP contribution in [0.15, 0.2) is 24.3 Å². The molecule has 3 heteroatoms. The Hall–Kier alpha value is -1.77. The van der Waals surface area contributed by atoms with Crippen LogP contribution in [0.4, 0.5) is 0 Å². The van der Waals surface area contributed by atoms with Gasteiger partial charge in [-0.2, -0.15) is 5.10 Å². The molecule has 0 aliphatic heterocycles. The fourth-order valence-corrected chi connectivity index (χ4v) is 2.23. The number of hydrogen-bond acceptors (Lipinski definition) is 2. The Morgan fingerprint density at radius 3 is 2.50 bits per heavy atom. The quantitative estimate of drug-likeness (QED) is 0.825. The zero-order valence-electron chi connectivity index (χ0n) is 13.1. The van der Waals surface area contributed by atoms with Crippen molar-refractivity contribution in [2.45, 2.75) is 41.2 Å². The van der Waals surface area contributed by atoms with E-state index in [-0.39, 0.29) is 0 Å². The first-order chi connectivity index (χ1) is 9.45. The summed E-state index contributed by atoms with van der Waals surface area (Å²) in [7, 11) is 0. The molecule has 0 amide bonds. The molecule has 0 spiro atoms. The summed E-state index contributed by atoms with van der Waals surface area (Å²) in [4.78, 5) is 0. The van der Waals surface area contributed by atoms with Gasteiger partial charge in [0.1, 0.15) is 5.75 Å². The van der Waals surface area contributed by atoms with Crippen molar-refractivity contribution in [2.75, 3.05) is 6.61 Å². The van der Waals surface area contributed by atoms with Crippen LogP contribution in [0.2, 0.25) is 0 Å². The van der Waals surface area contributed by atoms with Crippen molar-refractivity contribution in [2.24, 2.45) is 5.92 Å². The summed E-state index contributed by atoms with van der Waals surface area (Å²) in [5.74, 6) is 1.50. The summed E-state index contributed by atoms with van der Waals surface area (Å²) in [6.45, 7) is 12.0. The van der Waals surface area contributed by atoms with E-state index in [0.717, 1.165) is 24.6 Å². The highest BCUT2D eigenvalue weighted by molar-refractivity contribution is 5.37. The molecule has 108 valence electrons. The first-order valence-corrected chi connectivity index (χ1v) is 7.19. The van der Waals surface area contributed by atoms with E-state index >= 15 is 0 Å². The maximum Gasteiger partial charge on any atom is 0.124 e. The Bertz CT molecular complexity index is 585. The maximum absolute atomic E-state index is 5.93. The Balaban J connectivity index is 2.25. The molecule has 2 aromatic rings. The van der Waals surface area contributed by atoms with Crippen LogP contribution in [-0.4, -0.2) is 16.4 Å². The number of hydrogen-bond donors (Lipinski definition) is 0. The number of rotatable bonds is 5. The largest absolute Gasteiger partial charge is 0.493 e. The van der Waals surface area contributed by atoms with Gasteiger partial charge in [0.25, 0.3) is 0 Å². The minimum atomic E-state index is 0.526. The minimum Gasteiger partial charge on any atom is -0.493 e. The zero-order chi connectivity index (χ0) is 14.7. The van der Waals surface area contributed by atoms with E-state index in [2.05, 4.69) is 57.1 Å². The second kappa shape index (κ2) is 6.12. The van der Waals surface area contributed by atoms with E-state index in [1.54, 1.807) is 0 Å². The van der Waals surface area contributed by atoms with Gasteiger partial charge in [-0.1, -0.05) is 31.5 Å². The van der Waals surface area contributed by atoms with Gasteiger partial charge in [0.15, 0.2) is 0 Å². The third-order valence-electron chi connectivity index (χ3n) is 3.21. The molecule has 0 radical (unpaired) electrons. The molecule has 1 aromatic heterocycles. The van der Waals surface area contributed by atoms with Crippen LogP contribution in [0.5, 0.6) is 5.75 Å². The molecular formula is C17H24N2O. The molecule has 20 heavy (non-hydrogen) atoms. The van der Waals surface area contributed by atoms with Gasteiger partial charge in [0.05, 0.1) is 18.8 Å². The van der Waals surface area contributed by atoms with E-state index in [4.69, 9.17) is 4.74 Å². The number of aromatic nitrogens is 2. The van der Waals surface area contributed by atoms with Crippen molar-refractivity contribution >= 4 is 0 Å². The average molecular weight is 272 g/mol. The van der Waals surface area contributed by atoms with Crippen molar-refractivity contribution < 1.29 is 4.74 Å². The van der Waals surface area contributed by atoms with Crippen molar-refractivity contribution in [3.8, 4) is 5.75 Å². The zero-order valence-corrected chi connectivity index (χ0v) is 13.1. The highest BCUT2D eigenvalue weighted by atomic mass is 16.5. The lowest BCUT2D eigenvalue weighted by molar-refractivity contribution is 0.268. The minimum absolute atomic E-state index is 0.526. The maximum atomic E-state index is 5.93.